The molecule has 0 amide bonds. The van der Waals surface area contributed by atoms with Gasteiger partial charge in [0.25, 0.3) is 0 Å². The molecule has 0 aromatic carbocycles. The van der Waals surface area contributed by atoms with Crippen LogP contribution in [0.4, 0.5) is 0 Å². The van der Waals surface area contributed by atoms with Crippen molar-refractivity contribution in [2.45, 2.75) is 25.4 Å². The Morgan fingerprint density at radius 1 is 1.12 bits per heavy atom. The van der Waals surface area contributed by atoms with E-state index in [1.54, 1.807) is 6.20 Å². The molecule has 6 nitrogen and oxygen atoms in total. The van der Waals surface area contributed by atoms with Crippen molar-refractivity contribution in [1.82, 2.24) is 29.4 Å². The molecule has 1 aliphatic rings. The molecule has 1 atom stereocenters. The quantitative estimate of drug-likeness (QED) is 0.739. The van der Waals surface area contributed by atoms with E-state index in [1.165, 1.54) is 12.0 Å². The highest BCUT2D eigenvalue weighted by Crippen LogP contribution is 2.32. The minimum Gasteiger partial charge on any atom is -0.333 e. The van der Waals surface area contributed by atoms with Crippen LogP contribution in [0.5, 0.6) is 0 Å². The standard InChI is InChI=1S/C18H20N6/c1-23-9-7-20-18(23)16-12-21-15(11-22-16)17-5-3-8-24(17)13-14-4-2-6-19-10-14/h2,4,6-7,9-12,17H,3,5,8,13H2,1H3/t17-/m1/s1. The van der Waals surface area contributed by atoms with Crippen molar-refractivity contribution in [3.8, 4) is 11.5 Å². The fourth-order valence-corrected chi connectivity index (χ4v) is 3.31. The summed E-state index contributed by atoms with van der Waals surface area (Å²) in [6.45, 7) is 1.99. The van der Waals surface area contributed by atoms with Crippen LogP contribution in [0, 0.1) is 0 Å². The molecule has 1 saturated heterocycles. The molecule has 4 rings (SSSR count). The van der Waals surface area contributed by atoms with E-state index in [2.05, 4.69) is 30.9 Å². The topological polar surface area (TPSA) is 59.7 Å². The first-order valence-corrected chi connectivity index (χ1v) is 8.24. The summed E-state index contributed by atoms with van der Waals surface area (Å²) >= 11 is 0. The molecule has 0 N–H and O–H groups in total. The summed E-state index contributed by atoms with van der Waals surface area (Å²) in [6.07, 6.45) is 13.5. The second-order valence-electron chi connectivity index (χ2n) is 6.18. The van der Waals surface area contributed by atoms with Crippen molar-refractivity contribution in [3.05, 3.63) is 60.6 Å². The van der Waals surface area contributed by atoms with E-state index in [0.29, 0.717) is 6.04 Å². The van der Waals surface area contributed by atoms with Gasteiger partial charge >= 0.3 is 0 Å². The predicted molar refractivity (Wildman–Crippen MR) is 90.9 cm³/mol. The summed E-state index contributed by atoms with van der Waals surface area (Å²) in [5.41, 5.74) is 3.08. The molecular formula is C18H20N6. The number of aromatic nitrogens is 5. The minimum absolute atomic E-state index is 0.327. The van der Waals surface area contributed by atoms with E-state index in [4.69, 9.17) is 0 Å². The van der Waals surface area contributed by atoms with Gasteiger partial charge in [-0.25, -0.2) is 9.97 Å². The van der Waals surface area contributed by atoms with Crippen LogP contribution in [0.25, 0.3) is 11.5 Å². The third-order valence-electron chi connectivity index (χ3n) is 4.54. The number of aryl methyl sites for hydroxylation is 1. The number of pyridine rings is 1. The number of nitrogens with zero attached hydrogens (tertiary/aromatic N) is 6. The van der Waals surface area contributed by atoms with E-state index >= 15 is 0 Å². The molecule has 0 bridgehead atoms. The lowest BCUT2D eigenvalue weighted by Gasteiger charge is -2.23. The summed E-state index contributed by atoms with van der Waals surface area (Å²) < 4.78 is 1.95. The Labute approximate surface area is 141 Å². The molecule has 0 saturated carbocycles. The molecule has 6 heteroatoms. The third kappa shape index (κ3) is 2.92. The van der Waals surface area contributed by atoms with Gasteiger partial charge in [-0.1, -0.05) is 6.07 Å². The minimum atomic E-state index is 0.327. The number of imidazole rings is 1. The highest BCUT2D eigenvalue weighted by molar-refractivity contribution is 5.47. The van der Waals surface area contributed by atoms with Gasteiger partial charge in [-0.3, -0.25) is 14.9 Å². The van der Waals surface area contributed by atoms with Crippen molar-refractivity contribution >= 4 is 0 Å². The van der Waals surface area contributed by atoms with Crippen LogP contribution in [0.2, 0.25) is 0 Å². The van der Waals surface area contributed by atoms with Gasteiger partial charge in [0, 0.05) is 38.4 Å². The van der Waals surface area contributed by atoms with Crippen LogP contribution in [0.3, 0.4) is 0 Å². The lowest BCUT2D eigenvalue weighted by molar-refractivity contribution is 0.243. The van der Waals surface area contributed by atoms with Gasteiger partial charge in [0.1, 0.15) is 5.69 Å². The smallest absolute Gasteiger partial charge is 0.159 e. The monoisotopic (exact) mass is 320 g/mol. The van der Waals surface area contributed by atoms with Gasteiger partial charge in [-0.15, -0.1) is 0 Å². The van der Waals surface area contributed by atoms with Crippen LogP contribution in [0.15, 0.2) is 49.3 Å². The fraction of sp³-hybridized carbons (Fsp3) is 0.333. The Hall–Kier alpha value is -2.60. The van der Waals surface area contributed by atoms with Crippen LogP contribution in [-0.2, 0) is 13.6 Å². The number of hydrogen-bond acceptors (Lipinski definition) is 5. The Balaban J connectivity index is 1.53. The van der Waals surface area contributed by atoms with Crippen molar-refractivity contribution in [3.63, 3.8) is 0 Å². The van der Waals surface area contributed by atoms with E-state index < -0.39 is 0 Å². The summed E-state index contributed by atoms with van der Waals surface area (Å²) in [7, 11) is 1.96. The van der Waals surface area contributed by atoms with Crippen LogP contribution in [-0.4, -0.2) is 35.9 Å². The average Bonchev–Trinajstić information content (AvgIpc) is 3.25. The number of rotatable bonds is 4. The first-order valence-electron chi connectivity index (χ1n) is 8.24. The maximum atomic E-state index is 4.68. The third-order valence-corrected chi connectivity index (χ3v) is 4.54. The highest BCUT2D eigenvalue weighted by atomic mass is 15.2. The van der Waals surface area contributed by atoms with E-state index in [0.717, 1.165) is 36.7 Å². The molecule has 0 radical (unpaired) electrons. The highest BCUT2D eigenvalue weighted by Gasteiger charge is 2.27. The van der Waals surface area contributed by atoms with Crippen molar-refractivity contribution < 1.29 is 0 Å². The zero-order chi connectivity index (χ0) is 16.4. The Bertz CT molecular complexity index is 796. The van der Waals surface area contributed by atoms with Gasteiger partial charge in [0.15, 0.2) is 5.82 Å². The fourth-order valence-electron chi connectivity index (χ4n) is 3.31. The van der Waals surface area contributed by atoms with Gasteiger partial charge in [-0.05, 0) is 31.0 Å². The molecule has 0 spiro atoms. The number of hydrogen-bond donors (Lipinski definition) is 0. The summed E-state index contributed by atoms with van der Waals surface area (Å²) in [6, 6.07) is 4.44. The lowest BCUT2D eigenvalue weighted by atomic mass is 10.1. The predicted octanol–water partition coefficient (Wildman–Crippen LogP) is 2.61. The van der Waals surface area contributed by atoms with Crippen LogP contribution >= 0.6 is 0 Å². The second kappa shape index (κ2) is 6.49. The first-order chi connectivity index (χ1) is 11.8. The zero-order valence-electron chi connectivity index (χ0n) is 13.7. The molecule has 1 fully saturated rings. The maximum Gasteiger partial charge on any atom is 0.159 e. The summed E-state index contributed by atoms with van der Waals surface area (Å²) in [4.78, 5) is 20.3. The van der Waals surface area contributed by atoms with Crippen molar-refractivity contribution in [2.24, 2.45) is 7.05 Å². The largest absolute Gasteiger partial charge is 0.333 e. The van der Waals surface area contributed by atoms with Crippen LogP contribution in [0.1, 0.15) is 30.1 Å². The molecule has 0 aliphatic carbocycles. The molecule has 122 valence electrons. The number of likely N-dealkylation sites (tertiary alicyclic amines) is 1. The van der Waals surface area contributed by atoms with Gasteiger partial charge in [0.2, 0.25) is 0 Å². The SMILES string of the molecule is Cn1ccnc1-c1cnc([C@H]2CCCN2Cc2cccnc2)cn1. The normalized spacial score (nSPS) is 18.1. The molecule has 0 unspecified atom stereocenters. The first kappa shape index (κ1) is 15.0. The maximum absolute atomic E-state index is 4.68. The molecular weight excluding hydrogens is 300 g/mol. The van der Waals surface area contributed by atoms with Crippen molar-refractivity contribution in [1.29, 1.82) is 0 Å². The molecule has 3 aromatic rings. The summed E-state index contributed by atoms with van der Waals surface area (Å²) in [5, 5.41) is 0. The van der Waals surface area contributed by atoms with Gasteiger partial charge < -0.3 is 4.57 Å². The van der Waals surface area contributed by atoms with Crippen molar-refractivity contribution in [2.75, 3.05) is 6.54 Å². The lowest BCUT2D eigenvalue weighted by Crippen LogP contribution is -2.23. The second-order valence-corrected chi connectivity index (χ2v) is 6.18. The Kier molecular flexibility index (Phi) is 4.04. The molecule has 3 aromatic heterocycles. The summed E-state index contributed by atoms with van der Waals surface area (Å²) in [5.74, 6) is 0.840. The molecule has 1 aliphatic heterocycles. The van der Waals surface area contributed by atoms with Gasteiger partial charge in [-0.2, -0.15) is 0 Å². The average molecular weight is 320 g/mol. The van der Waals surface area contributed by atoms with Gasteiger partial charge in [0.05, 0.1) is 24.1 Å². The molecule has 4 heterocycles. The van der Waals surface area contributed by atoms with E-state index in [-0.39, 0.29) is 0 Å². The zero-order valence-corrected chi connectivity index (χ0v) is 13.7. The Morgan fingerprint density at radius 2 is 2.08 bits per heavy atom. The van der Waals surface area contributed by atoms with Crippen LogP contribution < -0.4 is 0 Å². The Morgan fingerprint density at radius 3 is 2.79 bits per heavy atom. The molecule has 24 heavy (non-hydrogen) atoms. The van der Waals surface area contributed by atoms with E-state index in [9.17, 15) is 0 Å². The van der Waals surface area contributed by atoms with E-state index in [1.807, 2.05) is 48.7 Å².